The van der Waals surface area contributed by atoms with Crippen molar-refractivity contribution in [2.45, 2.75) is 6.18 Å². The van der Waals surface area contributed by atoms with Crippen molar-refractivity contribution in [3.63, 3.8) is 0 Å². The fourth-order valence-electron chi connectivity index (χ4n) is 3.25. The number of ether oxygens (including phenoxy) is 2. The third-order valence-electron chi connectivity index (χ3n) is 5.18. The number of benzene rings is 3. The molecule has 10 nitrogen and oxygen atoms in total. The lowest BCUT2D eigenvalue weighted by Gasteiger charge is -2.22. The first-order valence-corrected chi connectivity index (χ1v) is 13.3. The maximum absolute atomic E-state index is 13.0. The predicted octanol–water partition coefficient (Wildman–Crippen LogP) is 3.65. The van der Waals surface area contributed by atoms with E-state index >= 15 is 0 Å². The summed E-state index contributed by atoms with van der Waals surface area (Å²) in [5, 5.41) is 6.43. The Labute approximate surface area is 228 Å². The molecule has 2 amide bonds. The van der Waals surface area contributed by atoms with E-state index in [4.69, 9.17) is 9.47 Å². The predicted molar refractivity (Wildman–Crippen MR) is 143 cm³/mol. The molecule has 14 heteroatoms. The van der Waals surface area contributed by atoms with Crippen molar-refractivity contribution < 1.29 is 40.7 Å². The van der Waals surface area contributed by atoms with Gasteiger partial charge in [-0.1, -0.05) is 6.07 Å². The molecule has 0 atom stereocenters. The molecule has 0 aliphatic rings. The lowest BCUT2D eigenvalue weighted by atomic mass is 10.2. The minimum absolute atomic E-state index is 0.238. The maximum atomic E-state index is 13.0. The second kappa shape index (κ2) is 13.0. The Morgan fingerprint density at radius 2 is 1.62 bits per heavy atom. The van der Waals surface area contributed by atoms with Crippen molar-refractivity contribution in [1.29, 1.82) is 0 Å². The number of anilines is 2. The van der Waals surface area contributed by atoms with Gasteiger partial charge in [0.05, 0.1) is 30.8 Å². The zero-order valence-electron chi connectivity index (χ0n) is 21.3. The van der Waals surface area contributed by atoms with Crippen LogP contribution >= 0.6 is 0 Å². The van der Waals surface area contributed by atoms with E-state index in [1.54, 1.807) is 48.5 Å². The Balaban J connectivity index is 1.52. The van der Waals surface area contributed by atoms with Gasteiger partial charge in [-0.3, -0.25) is 13.9 Å². The molecular formula is C26H25F3N4O6S. The Kier molecular flexibility index (Phi) is 9.72. The van der Waals surface area contributed by atoms with Gasteiger partial charge in [-0.15, -0.1) is 0 Å². The van der Waals surface area contributed by atoms with Crippen molar-refractivity contribution in [1.82, 2.24) is 5.43 Å². The number of carbonyl (C=O) groups excluding carboxylic acids is 2. The molecule has 0 saturated carbocycles. The molecule has 0 aliphatic heterocycles. The lowest BCUT2D eigenvalue weighted by Crippen LogP contribution is -2.39. The molecular weight excluding hydrogens is 553 g/mol. The standard InChI is InChI=1S/C26H25F3N4O6S/c1-38-22-12-8-20(9-13-22)31-25(35)17-39-23-10-6-18(7-11-23)15-30-32-24(34)16-33(40(2,36)37)21-5-3-4-19(14-21)26(27,28)29/h3-15H,16-17H2,1-2H3,(H,31,35)(H,32,34)/b30-15-. The zero-order valence-corrected chi connectivity index (χ0v) is 22.1. The van der Waals surface area contributed by atoms with E-state index in [9.17, 15) is 31.2 Å². The Hall–Kier alpha value is -4.59. The van der Waals surface area contributed by atoms with Crippen LogP contribution < -0.4 is 24.5 Å². The van der Waals surface area contributed by atoms with Crippen molar-refractivity contribution in [3.8, 4) is 11.5 Å². The quantitative estimate of drug-likeness (QED) is 0.264. The summed E-state index contributed by atoms with van der Waals surface area (Å²) in [6, 6.07) is 16.8. The summed E-state index contributed by atoms with van der Waals surface area (Å²) in [6.45, 7) is -1.03. The minimum Gasteiger partial charge on any atom is -0.497 e. The van der Waals surface area contributed by atoms with Gasteiger partial charge in [-0.25, -0.2) is 13.8 Å². The highest BCUT2D eigenvalue weighted by Gasteiger charge is 2.32. The Morgan fingerprint density at radius 3 is 2.23 bits per heavy atom. The van der Waals surface area contributed by atoms with Gasteiger partial charge in [-0.05, 0) is 72.3 Å². The summed E-state index contributed by atoms with van der Waals surface area (Å²) < 4.78 is 74.4. The molecule has 0 aliphatic carbocycles. The SMILES string of the molecule is COc1ccc(NC(=O)COc2ccc(/C=N\NC(=O)CN(c3cccc(C(F)(F)F)c3)S(C)(=O)=O)cc2)cc1. The number of halogens is 3. The Morgan fingerprint density at radius 1 is 0.975 bits per heavy atom. The molecule has 0 heterocycles. The van der Waals surface area contributed by atoms with E-state index in [1.165, 1.54) is 13.3 Å². The Bertz CT molecular complexity index is 1460. The molecule has 2 N–H and O–H groups in total. The van der Waals surface area contributed by atoms with Gasteiger partial charge in [0.2, 0.25) is 10.0 Å². The van der Waals surface area contributed by atoms with E-state index in [0.717, 1.165) is 24.5 Å². The van der Waals surface area contributed by atoms with E-state index in [1.807, 2.05) is 0 Å². The van der Waals surface area contributed by atoms with E-state index in [0.29, 0.717) is 33.1 Å². The van der Waals surface area contributed by atoms with Crippen LogP contribution in [0.1, 0.15) is 11.1 Å². The average Bonchev–Trinajstić information content (AvgIpc) is 2.90. The summed E-state index contributed by atoms with van der Waals surface area (Å²) in [5.41, 5.74) is 1.89. The number of alkyl halides is 3. The number of nitrogens with one attached hydrogen (secondary N) is 2. The van der Waals surface area contributed by atoms with Crippen LogP contribution in [0.4, 0.5) is 24.5 Å². The van der Waals surface area contributed by atoms with E-state index in [2.05, 4.69) is 15.8 Å². The fourth-order valence-corrected chi connectivity index (χ4v) is 4.10. The van der Waals surface area contributed by atoms with Crippen molar-refractivity contribution in [2.24, 2.45) is 5.10 Å². The van der Waals surface area contributed by atoms with Gasteiger partial charge in [0.25, 0.3) is 11.8 Å². The summed E-state index contributed by atoms with van der Waals surface area (Å²) in [5.74, 6) is -0.187. The maximum Gasteiger partial charge on any atom is 0.416 e. The van der Waals surface area contributed by atoms with Gasteiger partial charge >= 0.3 is 6.18 Å². The normalized spacial score (nSPS) is 11.6. The van der Waals surface area contributed by atoms with Crippen LogP contribution in [0.15, 0.2) is 77.9 Å². The van der Waals surface area contributed by atoms with Gasteiger partial charge in [0, 0.05) is 5.69 Å². The van der Waals surface area contributed by atoms with Crippen LogP contribution in [-0.2, 0) is 25.8 Å². The van der Waals surface area contributed by atoms with E-state index in [-0.39, 0.29) is 18.2 Å². The first-order chi connectivity index (χ1) is 18.8. The molecule has 212 valence electrons. The number of rotatable bonds is 11. The molecule has 0 spiro atoms. The molecule has 0 bridgehead atoms. The molecule has 0 aromatic heterocycles. The fraction of sp³-hybridized carbons (Fsp3) is 0.192. The second-order valence-corrected chi connectivity index (χ2v) is 10.2. The molecule has 0 saturated heterocycles. The average molecular weight is 579 g/mol. The summed E-state index contributed by atoms with van der Waals surface area (Å²) >= 11 is 0. The van der Waals surface area contributed by atoms with Crippen LogP contribution in [-0.4, -0.2) is 53.0 Å². The van der Waals surface area contributed by atoms with Crippen molar-refractivity contribution in [3.05, 3.63) is 83.9 Å². The number of carbonyl (C=O) groups is 2. The third kappa shape index (κ3) is 9.01. The summed E-state index contributed by atoms with van der Waals surface area (Å²) in [7, 11) is -2.55. The van der Waals surface area contributed by atoms with Crippen LogP contribution in [0.2, 0.25) is 0 Å². The highest BCUT2D eigenvalue weighted by atomic mass is 32.2. The van der Waals surface area contributed by atoms with E-state index < -0.39 is 34.2 Å². The third-order valence-corrected chi connectivity index (χ3v) is 6.32. The molecule has 3 rings (SSSR count). The largest absolute Gasteiger partial charge is 0.497 e. The van der Waals surface area contributed by atoms with Crippen molar-refractivity contribution >= 4 is 39.4 Å². The summed E-state index contributed by atoms with van der Waals surface area (Å²) in [4.78, 5) is 24.4. The van der Waals surface area contributed by atoms with Crippen molar-refractivity contribution in [2.75, 3.05) is 36.1 Å². The molecule has 3 aromatic rings. The number of methoxy groups -OCH3 is 1. The molecule has 0 unspecified atom stereocenters. The lowest BCUT2D eigenvalue weighted by molar-refractivity contribution is -0.137. The number of hydrogen-bond acceptors (Lipinski definition) is 7. The highest BCUT2D eigenvalue weighted by Crippen LogP contribution is 2.32. The number of hydrazone groups is 1. The second-order valence-electron chi connectivity index (χ2n) is 8.25. The van der Waals surface area contributed by atoms with Gasteiger partial charge < -0.3 is 14.8 Å². The van der Waals surface area contributed by atoms with Gasteiger partial charge in [-0.2, -0.15) is 18.3 Å². The smallest absolute Gasteiger partial charge is 0.416 e. The van der Waals surface area contributed by atoms with Crippen LogP contribution in [0, 0.1) is 0 Å². The summed E-state index contributed by atoms with van der Waals surface area (Å²) in [6.07, 6.45) is -2.64. The van der Waals surface area contributed by atoms with Crippen LogP contribution in [0.5, 0.6) is 11.5 Å². The molecule has 40 heavy (non-hydrogen) atoms. The topological polar surface area (TPSA) is 126 Å². The van der Waals surface area contributed by atoms with Gasteiger partial charge in [0.15, 0.2) is 6.61 Å². The molecule has 0 radical (unpaired) electrons. The first kappa shape index (κ1) is 30.0. The monoisotopic (exact) mass is 578 g/mol. The first-order valence-electron chi connectivity index (χ1n) is 11.5. The van der Waals surface area contributed by atoms with Crippen LogP contribution in [0.3, 0.4) is 0 Å². The molecule has 0 fully saturated rings. The number of amides is 2. The molecule has 3 aromatic carbocycles. The highest BCUT2D eigenvalue weighted by molar-refractivity contribution is 7.92. The minimum atomic E-state index is -4.68. The number of hydrogen-bond donors (Lipinski definition) is 2. The number of nitrogens with zero attached hydrogens (tertiary/aromatic N) is 2. The number of sulfonamides is 1. The zero-order chi connectivity index (χ0) is 29.3. The van der Waals surface area contributed by atoms with Gasteiger partial charge in [0.1, 0.15) is 18.0 Å². The van der Waals surface area contributed by atoms with Crippen LogP contribution in [0.25, 0.3) is 0 Å².